The van der Waals surface area contributed by atoms with Crippen LogP contribution in [-0.2, 0) is 11.2 Å². The van der Waals surface area contributed by atoms with E-state index in [1.165, 1.54) is 0 Å². The molecule has 4 rings (SSSR count). The number of carbonyl (C=O) groups is 1. The first-order valence-electron chi connectivity index (χ1n) is 9.23. The summed E-state index contributed by atoms with van der Waals surface area (Å²) in [5.41, 5.74) is 3.11. The van der Waals surface area contributed by atoms with Crippen molar-refractivity contribution >= 4 is 23.5 Å². The molecule has 0 bridgehead atoms. The summed E-state index contributed by atoms with van der Waals surface area (Å²) in [6.45, 7) is 1.06. The van der Waals surface area contributed by atoms with Gasteiger partial charge in [0.1, 0.15) is 0 Å². The maximum atomic E-state index is 12.7. The van der Waals surface area contributed by atoms with Gasteiger partial charge in [-0.1, -0.05) is 29.8 Å². The monoisotopic (exact) mass is 399 g/mol. The van der Waals surface area contributed by atoms with Gasteiger partial charge in [-0.15, -0.1) is 0 Å². The number of halogens is 1. The van der Waals surface area contributed by atoms with Crippen molar-refractivity contribution in [1.29, 1.82) is 0 Å². The molecule has 28 heavy (non-hydrogen) atoms. The third-order valence-electron chi connectivity index (χ3n) is 5.27. The molecule has 0 amide bonds. The Morgan fingerprint density at radius 1 is 1.32 bits per heavy atom. The molecule has 2 heterocycles. The highest BCUT2D eigenvalue weighted by atomic mass is 35.5. The molecule has 2 aliphatic rings. The van der Waals surface area contributed by atoms with Gasteiger partial charge < -0.3 is 14.2 Å². The number of hydrogen-bond donors (Lipinski definition) is 0. The van der Waals surface area contributed by atoms with Crippen molar-refractivity contribution in [2.24, 2.45) is 0 Å². The van der Waals surface area contributed by atoms with Crippen LogP contribution in [0.1, 0.15) is 29.2 Å². The number of benzene rings is 2. The Bertz CT molecular complexity index is 923. The van der Waals surface area contributed by atoms with E-state index in [-0.39, 0.29) is 18.6 Å². The molecule has 0 radical (unpaired) electrons. The van der Waals surface area contributed by atoms with E-state index in [1.807, 2.05) is 43.5 Å². The molecule has 0 aromatic heterocycles. The Morgan fingerprint density at radius 2 is 2.11 bits per heavy atom. The van der Waals surface area contributed by atoms with E-state index in [4.69, 9.17) is 25.8 Å². The number of allylic oxidation sites excluding steroid dienone is 1. The number of carbonyl (C=O) groups excluding carboxylic acids is 1. The molecular formula is C22H22ClNO4. The Hall–Kier alpha value is -2.50. The van der Waals surface area contributed by atoms with Gasteiger partial charge in [-0.25, -0.2) is 0 Å². The van der Waals surface area contributed by atoms with Gasteiger partial charge in [-0.3, -0.25) is 9.69 Å². The third kappa shape index (κ3) is 3.60. The number of fused-ring (bicyclic) bond motifs is 2. The normalized spacial score (nSPS) is 18.3. The molecule has 0 aliphatic carbocycles. The molecule has 2 aromatic carbocycles. The van der Waals surface area contributed by atoms with Crippen molar-refractivity contribution in [3.8, 4) is 17.2 Å². The fourth-order valence-electron chi connectivity index (χ4n) is 3.80. The summed E-state index contributed by atoms with van der Waals surface area (Å²) in [5, 5.41) is 0.676. The number of methoxy groups -OCH3 is 1. The zero-order chi connectivity index (χ0) is 19.7. The van der Waals surface area contributed by atoms with Gasteiger partial charge in [0.15, 0.2) is 17.3 Å². The quantitative estimate of drug-likeness (QED) is 0.702. The van der Waals surface area contributed by atoms with Crippen LogP contribution in [0, 0.1) is 0 Å². The Balaban J connectivity index is 1.60. The lowest BCUT2D eigenvalue weighted by Crippen LogP contribution is -2.33. The summed E-state index contributed by atoms with van der Waals surface area (Å²) in [5.74, 6) is 2.08. The van der Waals surface area contributed by atoms with Gasteiger partial charge in [0.2, 0.25) is 12.5 Å². The zero-order valence-corrected chi connectivity index (χ0v) is 16.7. The predicted molar refractivity (Wildman–Crippen MR) is 108 cm³/mol. The van der Waals surface area contributed by atoms with Crippen molar-refractivity contribution in [1.82, 2.24) is 4.90 Å². The van der Waals surface area contributed by atoms with E-state index in [0.29, 0.717) is 28.7 Å². The Morgan fingerprint density at radius 3 is 2.86 bits per heavy atom. The molecule has 0 saturated heterocycles. The van der Waals surface area contributed by atoms with Crippen LogP contribution < -0.4 is 14.2 Å². The summed E-state index contributed by atoms with van der Waals surface area (Å²) in [6.07, 6.45) is 4.69. The first-order valence-corrected chi connectivity index (χ1v) is 9.60. The van der Waals surface area contributed by atoms with Gasteiger partial charge in [0, 0.05) is 29.6 Å². The van der Waals surface area contributed by atoms with Crippen molar-refractivity contribution in [2.75, 3.05) is 27.5 Å². The molecule has 0 fully saturated rings. The van der Waals surface area contributed by atoms with E-state index < -0.39 is 0 Å². The topological polar surface area (TPSA) is 48.0 Å². The Kier molecular flexibility index (Phi) is 5.29. The van der Waals surface area contributed by atoms with Crippen molar-refractivity contribution in [3.05, 3.63) is 58.1 Å². The maximum Gasteiger partial charge on any atom is 0.231 e. The average molecular weight is 400 g/mol. The SMILES string of the molecule is COc1c2c(cc3c1C(CC(=O)/C=C/c1ccc(Cl)cc1)N(C)CC3)OCO2. The van der Waals surface area contributed by atoms with Gasteiger partial charge in [0.25, 0.3) is 0 Å². The van der Waals surface area contributed by atoms with Crippen LogP contribution in [0.3, 0.4) is 0 Å². The molecule has 146 valence electrons. The molecule has 1 atom stereocenters. The van der Waals surface area contributed by atoms with Gasteiger partial charge >= 0.3 is 0 Å². The molecule has 1 unspecified atom stereocenters. The second kappa shape index (κ2) is 7.86. The lowest BCUT2D eigenvalue weighted by atomic mass is 9.88. The maximum absolute atomic E-state index is 12.7. The van der Waals surface area contributed by atoms with Gasteiger partial charge in [-0.2, -0.15) is 0 Å². The van der Waals surface area contributed by atoms with E-state index in [2.05, 4.69) is 4.90 Å². The number of likely N-dealkylation sites (N-methyl/N-ethyl adjacent to an activating group) is 1. The predicted octanol–water partition coefficient (Wildman–Crippen LogP) is 4.28. The molecule has 5 nitrogen and oxygen atoms in total. The van der Waals surface area contributed by atoms with E-state index in [1.54, 1.807) is 13.2 Å². The summed E-state index contributed by atoms with van der Waals surface area (Å²) in [7, 11) is 3.67. The number of rotatable bonds is 5. The van der Waals surface area contributed by atoms with Crippen LogP contribution in [0.25, 0.3) is 6.08 Å². The highest BCUT2D eigenvalue weighted by molar-refractivity contribution is 6.30. The summed E-state index contributed by atoms with van der Waals surface area (Å²) < 4.78 is 16.8. The highest BCUT2D eigenvalue weighted by Gasteiger charge is 2.34. The van der Waals surface area contributed by atoms with E-state index in [0.717, 1.165) is 29.7 Å². The highest BCUT2D eigenvalue weighted by Crippen LogP contribution is 2.50. The number of hydrogen-bond acceptors (Lipinski definition) is 5. The molecule has 0 N–H and O–H groups in total. The molecule has 0 saturated carbocycles. The molecule has 2 aromatic rings. The van der Waals surface area contributed by atoms with Crippen LogP contribution in [0.4, 0.5) is 0 Å². The summed E-state index contributed by atoms with van der Waals surface area (Å²) >= 11 is 5.91. The summed E-state index contributed by atoms with van der Waals surface area (Å²) in [6, 6.07) is 9.34. The van der Waals surface area contributed by atoms with Crippen molar-refractivity contribution < 1.29 is 19.0 Å². The zero-order valence-electron chi connectivity index (χ0n) is 15.9. The van der Waals surface area contributed by atoms with E-state index >= 15 is 0 Å². The fraction of sp³-hybridized carbons (Fsp3) is 0.318. The lowest BCUT2D eigenvalue weighted by molar-refractivity contribution is -0.115. The molecule has 6 heteroatoms. The first kappa shape index (κ1) is 18.8. The van der Waals surface area contributed by atoms with E-state index in [9.17, 15) is 4.79 Å². The summed E-state index contributed by atoms with van der Waals surface area (Å²) in [4.78, 5) is 14.9. The van der Waals surface area contributed by atoms with Crippen molar-refractivity contribution in [2.45, 2.75) is 18.9 Å². The second-order valence-electron chi connectivity index (χ2n) is 7.02. The van der Waals surface area contributed by atoms with Crippen LogP contribution in [0.2, 0.25) is 5.02 Å². The molecular weight excluding hydrogens is 378 g/mol. The van der Waals surface area contributed by atoms with Crippen LogP contribution >= 0.6 is 11.6 Å². The second-order valence-corrected chi connectivity index (χ2v) is 7.45. The van der Waals surface area contributed by atoms with Crippen LogP contribution in [0.15, 0.2) is 36.4 Å². The first-order chi connectivity index (χ1) is 13.6. The number of ether oxygens (including phenoxy) is 3. The average Bonchev–Trinajstić information content (AvgIpc) is 3.16. The minimum absolute atomic E-state index is 0.0550. The fourth-order valence-corrected chi connectivity index (χ4v) is 3.93. The minimum atomic E-state index is -0.0735. The molecule has 0 spiro atoms. The van der Waals surface area contributed by atoms with Crippen molar-refractivity contribution in [3.63, 3.8) is 0 Å². The number of ketones is 1. The Labute approximate surface area is 169 Å². The largest absolute Gasteiger partial charge is 0.492 e. The standard InChI is InChI=1S/C22H22ClNO4/c1-24-10-9-15-11-19-21(28-13-27-19)22(26-2)20(15)18(24)12-17(25)8-5-14-3-6-16(23)7-4-14/h3-8,11,18H,9-10,12-13H2,1-2H3/b8-5+. The number of nitrogens with zero attached hydrogens (tertiary/aromatic N) is 1. The van der Waals surface area contributed by atoms with Gasteiger partial charge in [0.05, 0.1) is 7.11 Å². The minimum Gasteiger partial charge on any atom is -0.492 e. The van der Waals surface area contributed by atoms with Gasteiger partial charge in [-0.05, 0) is 48.9 Å². The molecule has 2 aliphatic heterocycles. The van der Waals surface area contributed by atoms with Crippen LogP contribution in [0.5, 0.6) is 17.2 Å². The van der Waals surface area contributed by atoms with Crippen LogP contribution in [-0.4, -0.2) is 38.2 Å². The third-order valence-corrected chi connectivity index (χ3v) is 5.53. The smallest absolute Gasteiger partial charge is 0.231 e. The lowest BCUT2D eigenvalue weighted by Gasteiger charge is -2.35.